The highest BCUT2D eigenvalue weighted by atomic mass is 16.5. The van der Waals surface area contributed by atoms with Gasteiger partial charge >= 0.3 is 0 Å². The first-order chi connectivity index (χ1) is 14.0. The van der Waals surface area contributed by atoms with Crippen LogP contribution in [-0.4, -0.2) is 44.3 Å². The largest absolute Gasteiger partial charge is 0.476 e. The number of hydrogen-bond acceptors (Lipinski definition) is 6. The Morgan fingerprint density at radius 3 is 2.79 bits per heavy atom. The van der Waals surface area contributed by atoms with Gasteiger partial charge in [-0.25, -0.2) is 19.5 Å². The van der Waals surface area contributed by atoms with Gasteiger partial charge in [0.15, 0.2) is 5.65 Å². The van der Waals surface area contributed by atoms with Crippen LogP contribution in [0, 0.1) is 5.92 Å². The predicted octanol–water partition coefficient (Wildman–Crippen LogP) is 3.60. The molecule has 0 bridgehead atoms. The van der Waals surface area contributed by atoms with Crippen molar-refractivity contribution < 1.29 is 4.74 Å². The third kappa shape index (κ3) is 3.91. The number of ether oxygens (including phenoxy) is 1. The maximum atomic E-state index is 6.03. The monoisotopic (exact) mass is 392 g/mol. The second-order valence-electron chi connectivity index (χ2n) is 9.34. The Morgan fingerprint density at radius 1 is 1.14 bits per heavy atom. The van der Waals surface area contributed by atoms with E-state index >= 15 is 0 Å². The van der Waals surface area contributed by atoms with Crippen LogP contribution in [0.5, 0.6) is 5.88 Å². The van der Waals surface area contributed by atoms with Gasteiger partial charge in [0, 0.05) is 48.2 Å². The number of imidazole rings is 1. The lowest BCUT2D eigenvalue weighted by molar-refractivity contribution is 0.249. The lowest BCUT2D eigenvalue weighted by Gasteiger charge is -2.18. The second kappa shape index (κ2) is 6.97. The smallest absolute Gasteiger partial charge is 0.231 e. The highest BCUT2D eigenvalue weighted by Crippen LogP contribution is 2.39. The molecule has 1 aliphatic carbocycles. The maximum Gasteiger partial charge on any atom is 0.231 e. The Kier molecular flexibility index (Phi) is 4.41. The van der Waals surface area contributed by atoms with Gasteiger partial charge in [0.05, 0.1) is 18.5 Å². The van der Waals surface area contributed by atoms with Crippen molar-refractivity contribution in [3.63, 3.8) is 0 Å². The van der Waals surface area contributed by atoms with Crippen LogP contribution in [0.1, 0.15) is 57.3 Å². The van der Waals surface area contributed by atoms with Crippen LogP contribution in [0.2, 0.25) is 0 Å². The summed E-state index contributed by atoms with van der Waals surface area (Å²) in [5, 5.41) is 4.58. The third-order valence-corrected chi connectivity index (χ3v) is 5.81. The Morgan fingerprint density at radius 2 is 2.00 bits per heavy atom. The number of nitrogens with zero attached hydrogens (tertiary/aromatic N) is 6. The van der Waals surface area contributed by atoms with Crippen molar-refractivity contribution in [3.8, 4) is 5.88 Å². The normalized spacial score (nSPS) is 19.8. The number of fused-ring (bicyclic) bond motifs is 1. The number of hydrogen-bond donors (Lipinski definition) is 0. The van der Waals surface area contributed by atoms with E-state index in [0.29, 0.717) is 24.3 Å². The molecule has 7 heteroatoms. The first kappa shape index (κ1) is 18.3. The molecular weight excluding hydrogens is 364 g/mol. The molecule has 2 aliphatic rings. The molecule has 0 spiro atoms. The van der Waals surface area contributed by atoms with E-state index in [2.05, 4.69) is 51.8 Å². The van der Waals surface area contributed by atoms with Crippen LogP contribution in [0.25, 0.3) is 5.65 Å². The van der Waals surface area contributed by atoms with Gasteiger partial charge in [-0.2, -0.15) is 0 Å². The van der Waals surface area contributed by atoms with Crippen LogP contribution in [-0.2, 0) is 5.41 Å². The topological polar surface area (TPSA) is 68.4 Å². The molecule has 1 saturated heterocycles. The summed E-state index contributed by atoms with van der Waals surface area (Å²) in [5.41, 5.74) is 3.08. The SMILES string of the molecule is CC(C)(C)c1cn2nc(OCC3CCN(c4cc(C5CC5)ncn4)C3)ccc2n1. The number of anilines is 1. The summed E-state index contributed by atoms with van der Waals surface area (Å²) in [5.74, 6) is 2.82. The summed E-state index contributed by atoms with van der Waals surface area (Å²) in [7, 11) is 0. The number of aromatic nitrogens is 5. The molecule has 0 radical (unpaired) electrons. The average Bonchev–Trinajstić information content (AvgIpc) is 3.28. The van der Waals surface area contributed by atoms with Gasteiger partial charge in [0.1, 0.15) is 12.1 Å². The van der Waals surface area contributed by atoms with Gasteiger partial charge in [0.25, 0.3) is 0 Å². The van der Waals surface area contributed by atoms with Crippen LogP contribution in [0.3, 0.4) is 0 Å². The first-order valence-corrected chi connectivity index (χ1v) is 10.5. The number of rotatable bonds is 5. The van der Waals surface area contributed by atoms with Gasteiger partial charge < -0.3 is 9.64 Å². The van der Waals surface area contributed by atoms with Gasteiger partial charge in [-0.3, -0.25) is 0 Å². The van der Waals surface area contributed by atoms with Crippen molar-refractivity contribution in [3.05, 3.63) is 42.1 Å². The molecule has 3 aromatic rings. The Balaban J connectivity index is 1.21. The van der Waals surface area contributed by atoms with E-state index in [1.54, 1.807) is 6.33 Å². The summed E-state index contributed by atoms with van der Waals surface area (Å²) >= 11 is 0. The fourth-order valence-corrected chi connectivity index (χ4v) is 3.82. The average molecular weight is 393 g/mol. The van der Waals surface area contributed by atoms with E-state index < -0.39 is 0 Å². The van der Waals surface area contributed by atoms with Crippen molar-refractivity contribution in [1.29, 1.82) is 0 Å². The molecular formula is C22H28N6O. The van der Waals surface area contributed by atoms with Crippen LogP contribution < -0.4 is 9.64 Å². The van der Waals surface area contributed by atoms with E-state index in [-0.39, 0.29) is 5.41 Å². The molecule has 3 aromatic heterocycles. The minimum atomic E-state index is 0.00237. The molecule has 1 aliphatic heterocycles. The Hall–Kier alpha value is -2.70. The highest BCUT2D eigenvalue weighted by Gasteiger charge is 2.28. The van der Waals surface area contributed by atoms with Crippen molar-refractivity contribution in [2.75, 3.05) is 24.6 Å². The molecule has 0 N–H and O–H groups in total. The molecule has 152 valence electrons. The summed E-state index contributed by atoms with van der Waals surface area (Å²) in [6, 6.07) is 6.05. The minimum Gasteiger partial charge on any atom is -0.476 e. The van der Waals surface area contributed by atoms with E-state index in [1.165, 1.54) is 18.5 Å². The summed E-state index contributed by atoms with van der Waals surface area (Å²) in [6.07, 6.45) is 7.33. The Labute approximate surface area is 171 Å². The fraction of sp³-hybridized carbons (Fsp3) is 0.545. The standard InChI is InChI=1S/C22H28N6O/c1-22(2,3)18-12-28-19(25-18)6-7-21(26-28)29-13-15-8-9-27(11-15)20-10-17(16-4-5-16)23-14-24-20/h6-7,10,12,14-16H,4-5,8-9,11,13H2,1-3H3. The molecule has 1 saturated carbocycles. The van der Waals surface area contributed by atoms with Crippen LogP contribution in [0.4, 0.5) is 5.82 Å². The zero-order valence-corrected chi connectivity index (χ0v) is 17.4. The second-order valence-corrected chi connectivity index (χ2v) is 9.34. The van der Waals surface area contributed by atoms with Gasteiger partial charge in [0.2, 0.25) is 5.88 Å². The van der Waals surface area contributed by atoms with E-state index in [1.807, 2.05) is 22.8 Å². The molecule has 1 unspecified atom stereocenters. The van der Waals surface area contributed by atoms with E-state index in [4.69, 9.17) is 4.74 Å². The highest BCUT2D eigenvalue weighted by molar-refractivity contribution is 5.42. The lowest BCUT2D eigenvalue weighted by Crippen LogP contribution is -2.23. The van der Waals surface area contributed by atoms with Gasteiger partial charge in [-0.1, -0.05) is 20.8 Å². The first-order valence-electron chi connectivity index (χ1n) is 10.5. The fourth-order valence-electron chi connectivity index (χ4n) is 3.82. The van der Waals surface area contributed by atoms with Gasteiger partial charge in [-0.15, -0.1) is 5.10 Å². The van der Waals surface area contributed by atoms with Gasteiger partial charge in [-0.05, 0) is 25.3 Å². The van der Waals surface area contributed by atoms with Crippen molar-refractivity contribution in [2.24, 2.45) is 5.92 Å². The molecule has 29 heavy (non-hydrogen) atoms. The van der Waals surface area contributed by atoms with E-state index in [0.717, 1.165) is 36.7 Å². The van der Waals surface area contributed by atoms with Crippen LogP contribution in [0.15, 0.2) is 30.7 Å². The summed E-state index contributed by atoms with van der Waals surface area (Å²) in [6.45, 7) is 9.10. The third-order valence-electron chi connectivity index (χ3n) is 5.81. The van der Waals surface area contributed by atoms with Crippen molar-refractivity contribution >= 4 is 11.5 Å². The van der Waals surface area contributed by atoms with Crippen molar-refractivity contribution in [2.45, 2.75) is 51.4 Å². The zero-order valence-electron chi connectivity index (χ0n) is 17.4. The predicted molar refractivity (Wildman–Crippen MR) is 112 cm³/mol. The molecule has 0 aromatic carbocycles. The maximum absolute atomic E-state index is 6.03. The van der Waals surface area contributed by atoms with E-state index in [9.17, 15) is 0 Å². The van der Waals surface area contributed by atoms with Crippen molar-refractivity contribution in [1.82, 2.24) is 24.6 Å². The lowest BCUT2D eigenvalue weighted by atomic mass is 9.93. The Bertz CT molecular complexity index is 1020. The molecule has 0 amide bonds. The molecule has 4 heterocycles. The molecule has 7 nitrogen and oxygen atoms in total. The quantitative estimate of drug-likeness (QED) is 0.661. The molecule has 2 fully saturated rings. The molecule has 1 atom stereocenters. The van der Waals surface area contributed by atoms with Crippen LogP contribution >= 0.6 is 0 Å². The molecule has 5 rings (SSSR count). The zero-order chi connectivity index (χ0) is 20.0. The summed E-state index contributed by atoms with van der Waals surface area (Å²) < 4.78 is 7.85. The summed E-state index contributed by atoms with van der Waals surface area (Å²) in [4.78, 5) is 15.9. The minimum absolute atomic E-state index is 0.00237.